The van der Waals surface area contributed by atoms with Gasteiger partial charge in [0.1, 0.15) is 5.75 Å². The van der Waals surface area contributed by atoms with E-state index in [4.69, 9.17) is 16.3 Å². The fourth-order valence-corrected chi connectivity index (χ4v) is 6.64. The van der Waals surface area contributed by atoms with E-state index in [0.717, 1.165) is 28.0 Å². The Hall–Kier alpha value is -0.210. The molecule has 1 unspecified atom stereocenters. The first-order chi connectivity index (χ1) is 10.1. The van der Waals surface area contributed by atoms with E-state index in [9.17, 15) is 0 Å². The zero-order chi connectivity index (χ0) is 14.6. The average Bonchev–Trinajstić information content (AvgIpc) is 2.45. The molecule has 4 aliphatic rings. The maximum atomic E-state index is 7.03. The van der Waals surface area contributed by atoms with Crippen LogP contribution in [0.4, 0.5) is 0 Å². The van der Waals surface area contributed by atoms with E-state index in [1.165, 1.54) is 44.1 Å². The van der Waals surface area contributed by atoms with Crippen LogP contribution in [0.3, 0.4) is 0 Å². The molecule has 1 aromatic carbocycles. The topological polar surface area (TPSA) is 9.23 Å². The van der Waals surface area contributed by atoms with Gasteiger partial charge in [0.05, 0.1) is 17.0 Å². The van der Waals surface area contributed by atoms with Crippen molar-refractivity contribution in [1.82, 2.24) is 0 Å². The third kappa shape index (κ3) is 2.34. The lowest BCUT2D eigenvalue weighted by Gasteiger charge is -2.58. The summed E-state index contributed by atoms with van der Waals surface area (Å²) in [5, 5.41) is 0.146. The van der Waals surface area contributed by atoms with Gasteiger partial charge in [-0.3, -0.25) is 0 Å². The van der Waals surface area contributed by atoms with Crippen LogP contribution in [-0.4, -0.2) is 7.11 Å². The van der Waals surface area contributed by atoms with Gasteiger partial charge in [0.25, 0.3) is 0 Å². The first kappa shape index (κ1) is 14.4. The van der Waals surface area contributed by atoms with Gasteiger partial charge in [0.2, 0.25) is 0 Å². The largest absolute Gasteiger partial charge is 0.496 e. The number of benzene rings is 1. The third-order valence-corrected chi connectivity index (χ3v) is 7.43. The second-order valence-corrected chi connectivity index (χ2v) is 8.83. The molecule has 0 aliphatic heterocycles. The van der Waals surface area contributed by atoms with Gasteiger partial charge in [-0.2, -0.15) is 0 Å². The highest BCUT2D eigenvalue weighted by molar-refractivity contribution is 9.10. The Balaban J connectivity index is 1.65. The van der Waals surface area contributed by atoms with Crippen LogP contribution in [0, 0.1) is 23.2 Å². The number of ether oxygens (including phenoxy) is 1. The maximum Gasteiger partial charge on any atom is 0.133 e. The van der Waals surface area contributed by atoms with E-state index in [2.05, 4.69) is 28.1 Å². The summed E-state index contributed by atoms with van der Waals surface area (Å²) in [4.78, 5) is 0. The fourth-order valence-electron chi connectivity index (χ4n) is 5.68. The summed E-state index contributed by atoms with van der Waals surface area (Å²) in [5.74, 6) is 3.71. The highest BCUT2D eigenvalue weighted by atomic mass is 79.9. The molecule has 4 fully saturated rings. The molecular formula is C18H22BrClO. The van der Waals surface area contributed by atoms with Crippen LogP contribution in [0.1, 0.15) is 49.5 Å². The van der Waals surface area contributed by atoms with Crippen molar-refractivity contribution in [3.8, 4) is 5.75 Å². The van der Waals surface area contributed by atoms with Gasteiger partial charge in [-0.15, -0.1) is 11.6 Å². The zero-order valence-corrected chi connectivity index (χ0v) is 14.8. The monoisotopic (exact) mass is 368 g/mol. The van der Waals surface area contributed by atoms with Gasteiger partial charge in [0.15, 0.2) is 0 Å². The molecule has 114 valence electrons. The number of methoxy groups -OCH3 is 1. The highest BCUT2D eigenvalue weighted by Gasteiger charge is 2.54. The molecular weight excluding hydrogens is 348 g/mol. The molecule has 5 rings (SSSR count). The molecule has 0 radical (unpaired) electrons. The third-order valence-electron chi connectivity index (χ3n) is 6.09. The summed E-state index contributed by atoms with van der Waals surface area (Å²) in [7, 11) is 1.71. The van der Waals surface area contributed by atoms with Crippen LogP contribution in [0.2, 0.25) is 0 Å². The minimum atomic E-state index is 0.146. The molecule has 0 spiro atoms. The second-order valence-electron chi connectivity index (χ2n) is 7.54. The van der Waals surface area contributed by atoms with Gasteiger partial charge in [-0.05, 0) is 95.3 Å². The molecule has 4 aliphatic carbocycles. The minimum Gasteiger partial charge on any atom is -0.496 e. The summed E-state index contributed by atoms with van der Waals surface area (Å²) in [6.45, 7) is 0. The predicted octanol–water partition coefficient (Wildman–Crippen LogP) is 5.95. The summed E-state index contributed by atoms with van der Waals surface area (Å²) in [6.07, 6.45) is 8.43. The van der Waals surface area contributed by atoms with Crippen molar-refractivity contribution in [1.29, 1.82) is 0 Å². The van der Waals surface area contributed by atoms with Crippen molar-refractivity contribution < 1.29 is 4.74 Å². The first-order valence-electron chi connectivity index (χ1n) is 8.07. The Labute approximate surface area is 140 Å². The van der Waals surface area contributed by atoms with Gasteiger partial charge >= 0.3 is 0 Å². The normalized spacial score (nSPS) is 38.5. The lowest BCUT2D eigenvalue weighted by molar-refractivity contribution is -0.0552. The number of hydrogen-bond donors (Lipinski definition) is 0. The molecule has 1 aromatic rings. The molecule has 4 bridgehead atoms. The number of alkyl halides is 1. The summed E-state index contributed by atoms with van der Waals surface area (Å²) < 4.78 is 6.35. The Kier molecular flexibility index (Phi) is 3.54. The Bertz CT molecular complexity index is 521. The van der Waals surface area contributed by atoms with E-state index in [1.54, 1.807) is 7.11 Å². The Morgan fingerprint density at radius 1 is 1.14 bits per heavy atom. The van der Waals surface area contributed by atoms with Crippen LogP contribution in [-0.2, 0) is 0 Å². The molecule has 0 aromatic heterocycles. The van der Waals surface area contributed by atoms with Gasteiger partial charge in [0, 0.05) is 0 Å². The minimum absolute atomic E-state index is 0.146. The van der Waals surface area contributed by atoms with Crippen LogP contribution in [0.5, 0.6) is 5.75 Å². The fraction of sp³-hybridized carbons (Fsp3) is 0.667. The molecule has 0 heterocycles. The van der Waals surface area contributed by atoms with Crippen LogP contribution in [0.25, 0.3) is 0 Å². The number of hydrogen-bond acceptors (Lipinski definition) is 1. The zero-order valence-electron chi connectivity index (χ0n) is 12.4. The van der Waals surface area contributed by atoms with E-state index >= 15 is 0 Å². The quantitative estimate of drug-likeness (QED) is 0.598. The molecule has 21 heavy (non-hydrogen) atoms. The predicted molar refractivity (Wildman–Crippen MR) is 89.9 cm³/mol. The number of halogens is 2. The van der Waals surface area contributed by atoms with E-state index in [0.29, 0.717) is 5.41 Å². The molecule has 0 saturated heterocycles. The van der Waals surface area contributed by atoms with Crippen LogP contribution >= 0.6 is 27.5 Å². The lowest BCUT2D eigenvalue weighted by atomic mass is 9.48. The molecule has 1 nitrogen and oxygen atoms in total. The Morgan fingerprint density at radius 3 is 2.19 bits per heavy atom. The first-order valence-corrected chi connectivity index (χ1v) is 9.30. The van der Waals surface area contributed by atoms with Crippen molar-refractivity contribution in [3.63, 3.8) is 0 Å². The summed E-state index contributed by atoms with van der Waals surface area (Å²) >= 11 is 10.6. The van der Waals surface area contributed by atoms with Gasteiger partial charge < -0.3 is 4.74 Å². The maximum absolute atomic E-state index is 7.03. The van der Waals surface area contributed by atoms with Crippen molar-refractivity contribution >= 4 is 27.5 Å². The van der Waals surface area contributed by atoms with Crippen LogP contribution < -0.4 is 4.74 Å². The molecule has 0 amide bonds. The van der Waals surface area contributed by atoms with E-state index in [-0.39, 0.29) is 5.38 Å². The SMILES string of the molecule is COc1ccc(C(Cl)C23CC4CC(CC(C4)C2)C3)cc1Br. The molecule has 3 heteroatoms. The smallest absolute Gasteiger partial charge is 0.133 e. The second kappa shape index (κ2) is 5.16. The Morgan fingerprint density at radius 2 is 1.71 bits per heavy atom. The van der Waals surface area contributed by atoms with Crippen molar-refractivity contribution in [2.75, 3.05) is 7.11 Å². The lowest BCUT2D eigenvalue weighted by Crippen LogP contribution is -2.47. The highest BCUT2D eigenvalue weighted by Crippen LogP contribution is 2.65. The standard InChI is InChI=1S/C18H22BrClO/c1-21-16-3-2-14(7-15(16)19)17(20)18-8-11-4-12(9-18)6-13(5-11)10-18/h2-3,7,11-13,17H,4-6,8-10H2,1H3. The molecule has 1 atom stereocenters. The van der Waals surface area contributed by atoms with Gasteiger partial charge in [-0.25, -0.2) is 0 Å². The summed E-state index contributed by atoms with van der Waals surface area (Å²) in [5.41, 5.74) is 1.61. The van der Waals surface area contributed by atoms with Crippen molar-refractivity contribution in [2.24, 2.45) is 23.2 Å². The van der Waals surface area contributed by atoms with Gasteiger partial charge in [-0.1, -0.05) is 6.07 Å². The van der Waals surface area contributed by atoms with E-state index < -0.39 is 0 Å². The molecule has 4 saturated carbocycles. The van der Waals surface area contributed by atoms with Crippen molar-refractivity contribution in [2.45, 2.75) is 43.9 Å². The van der Waals surface area contributed by atoms with Crippen molar-refractivity contribution in [3.05, 3.63) is 28.2 Å². The number of rotatable bonds is 3. The van der Waals surface area contributed by atoms with E-state index in [1.807, 2.05) is 6.07 Å². The van der Waals surface area contributed by atoms with Crippen LogP contribution in [0.15, 0.2) is 22.7 Å². The molecule has 0 N–H and O–H groups in total. The summed E-state index contributed by atoms with van der Waals surface area (Å²) in [6, 6.07) is 6.35. The average molecular weight is 370 g/mol.